The predicted molar refractivity (Wildman–Crippen MR) is 107 cm³/mol. The highest BCUT2D eigenvalue weighted by Crippen LogP contribution is 2.30. The van der Waals surface area contributed by atoms with Crippen molar-refractivity contribution in [3.8, 4) is 5.75 Å². The zero-order valence-corrected chi connectivity index (χ0v) is 16.3. The number of hydrogen-bond donors (Lipinski definition) is 0. The lowest BCUT2D eigenvalue weighted by molar-refractivity contribution is -0.143. The van der Waals surface area contributed by atoms with E-state index in [1.54, 1.807) is 11.8 Å². The van der Waals surface area contributed by atoms with Gasteiger partial charge in [0, 0.05) is 18.7 Å². The first-order valence-corrected chi connectivity index (χ1v) is 9.87. The molecule has 0 radical (unpaired) electrons. The Bertz CT molecular complexity index is 769. The van der Waals surface area contributed by atoms with E-state index in [2.05, 4.69) is 0 Å². The normalized spacial score (nSPS) is 13.0. The second-order valence-electron chi connectivity index (χ2n) is 7.05. The van der Waals surface area contributed by atoms with Crippen LogP contribution in [0.1, 0.15) is 42.1 Å². The molecule has 5 nitrogen and oxygen atoms in total. The molecule has 28 heavy (non-hydrogen) atoms. The van der Waals surface area contributed by atoms with E-state index in [-0.39, 0.29) is 18.3 Å². The van der Waals surface area contributed by atoms with Gasteiger partial charge in [-0.2, -0.15) is 0 Å². The number of esters is 1. The smallest absolute Gasteiger partial charge is 0.307 e. The summed E-state index contributed by atoms with van der Waals surface area (Å²) in [4.78, 5) is 26.4. The molecule has 148 valence electrons. The number of nitrogens with zero attached hydrogens (tertiary/aromatic N) is 1. The van der Waals surface area contributed by atoms with E-state index in [1.807, 2.05) is 54.6 Å². The molecule has 0 bridgehead atoms. The van der Waals surface area contributed by atoms with Crippen molar-refractivity contribution in [1.82, 2.24) is 4.90 Å². The number of para-hydroxylation sites is 1. The van der Waals surface area contributed by atoms with Gasteiger partial charge >= 0.3 is 5.97 Å². The van der Waals surface area contributed by atoms with E-state index in [0.29, 0.717) is 37.8 Å². The van der Waals surface area contributed by atoms with Crippen molar-refractivity contribution in [2.45, 2.75) is 32.8 Å². The molecule has 0 aliphatic heterocycles. The van der Waals surface area contributed by atoms with Crippen LogP contribution < -0.4 is 4.74 Å². The van der Waals surface area contributed by atoms with Crippen LogP contribution in [0.5, 0.6) is 5.75 Å². The molecule has 1 aliphatic carbocycles. The number of carbonyl (C=O) groups excluding carboxylic acids is 2. The topological polar surface area (TPSA) is 55.8 Å². The van der Waals surface area contributed by atoms with E-state index in [4.69, 9.17) is 9.47 Å². The SMILES string of the molecule is CCOC(=O)CCN(CC1CC1)C(=O)c1ccc(COc2ccccc2)cc1. The molecule has 0 N–H and O–H groups in total. The van der Waals surface area contributed by atoms with Gasteiger partial charge in [-0.1, -0.05) is 30.3 Å². The largest absolute Gasteiger partial charge is 0.489 e. The van der Waals surface area contributed by atoms with Gasteiger partial charge < -0.3 is 14.4 Å². The monoisotopic (exact) mass is 381 g/mol. The molecule has 2 aromatic carbocycles. The van der Waals surface area contributed by atoms with Crippen LogP contribution in [0.4, 0.5) is 0 Å². The van der Waals surface area contributed by atoms with Crippen molar-refractivity contribution in [3.63, 3.8) is 0 Å². The molecular weight excluding hydrogens is 354 g/mol. The van der Waals surface area contributed by atoms with E-state index in [1.165, 1.54) is 0 Å². The summed E-state index contributed by atoms with van der Waals surface area (Å²) < 4.78 is 10.7. The summed E-state index contributed by atoms with van der Waals surface area (Å²) in [6.07, 6.45) is 2.53. The lowest BCUT2D eigenvalue weighted by Gasteiger charge is -2.22. The van der Waals surface area contributed by atoms with Crippen LogP contribution in [0.15, 0.2) is 54.6 Å². The molecule has 1 saturated carbocycles. The van der Waals surface area contributed by atoms with Crippen LogP contribution in [0.2, 0.25) is 0 Å². The lowest BCUT2D eigenvalue weighted by atomic mass is 10.1. The van der Waals surface area contributed by atoms with Gasteiger partial charge in [-0.15, -0.1) is 0 Å². The molecule has 2 aromatic rings. The summed E-state index contributed by atoms with van der Waals surface area (Å²) in [7, 11) is 0. The van der Waals surface area contributed by atoms with E-state index >= 15 is 0 Å². The minimum atomic E-state index is -0.260. The summed E-state index contributed by atoms with van der Waals surface area (Å²) >= 11 is 0. The Morgan fingerprint density at radius 1 is 1.04 bits per heavy atom. The molecule has 0 spiro atoms. The van der Waals surface area contributed by atoms with Gasteiger partial charge in [0.15, 0.2) is 0 Å². The molecule has 3 rings (SSSR count). The Morgan fingerprint density at radius 2 is 1.75 bits per heavy atom. The van der Waals surface area contributed by atoms with Crippen LogP contribution in [-0.2, 0) is 16.1 Å². The molecule has 1 fully saturated rings. The van der Waals surface area contributed by atoms with Gasteiger partial charge in [0.25, 0.3) is 5.91 Å². The Balaban J connectivity index is 1.57. The summed E-state index contributed by atoms with van der Waals surface area (Å²) in [5, 5.41) is 0. The van der Waals surface area contributed by atoms with Gasteiger partial charge in [0.1, 0.15) is 12.4 Å². The second kappa shape index (κ2) is 9.93. The van der Waals surface area contributed by atoms with E-state index in [9.17, 15) is 9.59 Å². The van der Waals surface area contributed by atoms with Crippen LogP contribution >= 0.6 is 0 Å². The van der Waals surface area contributed by atoms with Crippen molar-refractivity contribution in [2.75, 3.05) is 19.7 Å². The molecule has 0 saturated heterocycles. The van der Waals surface area contributed by atoms with Crippen molar-refractivity contribution in [2.24, 2.45) is 5.92 Å². The molecule has 1 aliphatic rings. The third-order valence-corrected chi connectivity index (χ3v) is 4.70. The fourth-order valence-corrected chi connectivity index (χ4v) is 2.96. The maximum absolute atomic E-state index is 12.9. The number of carbonyl (C=O) groups is 2. The number of rotatable bonds is 10. The molecular formula is C23H27NO4. The highest BCUT2D eigenvalue weighted by atomic mass is 16.5. The minimum absolute atomic E-state index is 0.0354. The van der Waals surface area contributed by atoms with Gasteiger partial charge in [-0.05, 0) is 55.5 Å². The summed E-state index contributed by atoms with van der Waals surface area (Å²) in [5.74, 6) is 1.08. The lowest BCUT2D eigenvalue weighted by Crippen LogP contribution is -2.35. The molecule has 1 amide bonds. The van der Waals surface area contributed by atoms with E-state index in [0.717, 1.165) is 24.2 Å². The van der Waals surface area contributed by atoms with Crippen molar-refractivity contribution in [3.05, 3.63) is 65.7 Å². The zero-order valence-electron chi connectivity index (χ0n) is 16.3. The second-order valence-corrected chi connectivity index (χ2v) is 7.05. The van der Waals surface area contributed by atoms with Crippen LogP contribution in [0.3, 0.4) is 0 Å². The highest BCUT2D eigenvalue weighted by Gasteiger charge is 2.27. The summed E-state index contributed by atoms with van der Waals surface area (Å²) in [6.45, 7) is 3.70. The minimum Gasteiger partial charge on any atom is -0.489 e. The number of benzene rings is 2. The fourth-order valence-electron chi connectivity index (χ4n) is 2.96. The third-order valence-electron chi connectivity index (χ3n) is 4.70. The van der Waals surface area contributed by atoms with Gasteiger partial charge in [-0.3, -0.25) is 9.59 Å². The number of ether oxygens (including phenoxy) is 2. The summed E-state index contributed by atoms with van der Waals surface area (Å²) in [6, 6.07) is 17.1. The molecule has 5 heteroatoms. The van der Waals surface area contributed by atoms with E-state index < -0.39 is 0 Å². The quantitative estimate of drug-likeness (QED) is 0.582. The summed E-state index contributed by atoms with van der Waals surface area (Å²) in [5.41, 5.74) is 1.63. The van der Waals surface area contributed by atoms with Crippen molar-refractivity contribution >= 4 is 11.9 Å². The van der Waals surface area contributed by atoms with Crippen molar-refractivity contribution in [1.29, 1.82) is 0 Å². The predicted octanol–water partition coefficient (Wildman–Crippen LogP) is 4.07. The molecule has 0 unspecified atom stereocenters. The first kappa shape index (κ1) is 19.9. The highest BCUT2D eigenvalue weighted by molar-refractivity contribution is 5.94. The van der Waals surface area contributed by atoms with Crippen molar-refractivity contribution < 1.29 is 19.1 Å². The molecule has 0 atom stereocenters. The zero-order chi connectivity index (χ0) is 19.8. The maximum atomic E-state index is 12.9. The Hall–Kier alpha value is -2.82. The Kier molecular flexibility index (Phi) is 7.06. The van der Waals surface area contributed by atoms with Crippen LogP contribution in [-0.4, -0.2) is 36.5 Å². The first-order chi connectivity index (χ1) is 13.7. The maximum Gasteiger partial charge on any atom is 0.307 e. The van der Waals surface area contributed by atoms with Crippen LogP contribution in [0.25, 0.3) is 0 Å². The average molecular weight is 381 g/mol. The fraction of sp³-hybridized carbons (Fsp3) is 0.391. The Morgan fingerprint density at radius 3 is 2.39 bits per heavy atom. The molecule has 0 aromatic heterocycles. The number of amides is 1. The van der Waals surface area contributed by atoms with Gasteiger partial charge in [0.05, 0.1) is 13.0 Å². The van der Waals surface area contributed by atoms with Crippen LogP contribution in [0, 0.1) is 5.92 Å². The number of hydrogen-bond acceptors (Lipinski definition) is 4. The average Bonchev–Trinajstić information content (AvgIpc) is 3.54. The van der Waals surface area contributed by atoms with Gasteiger partial charge in [-0.25, -0.2) is 0 Å². The molecule has 0 heterocycles. The first-order valence-electron chi connectivity index (χ1n) is 9.87. The Labute approximate surface area is 166 Å². The third kappa shape index (κ3) is 6.12. The standard InChI is InChI=1S/C23H27NO4/c1-2-27-22(25)14-15-24(16-18-8-9-18)23(26)20-12-10-19(11-13-20)17-28-21-6-4-3-5-7-21/h3-7,10-13,18H,2,8-9,14-17H2,1H3. The van der Waals surface area contributed by atoms with Gasteiger partial charge in [0.2, 0.25) is 0 Å².